The van der Waals surface area contributed by atoms with Crippen molar-refractivity contribution in [3.05, 3.63) is 11.4 Å². The van der Waals surface area contributed by atoms with Crippen molar-refractivity contribution in [2.75, 3.05) is 0 Å². The molecule has 0 spiro atoms. The number of carbonyl (C=O) groups is 1. The van der Waals surface area contributed by atoms with Crippen LogP contribution in [-0.2, 0) is 17.8 Å². The van der Waals surface area contributed by atoms with Crippen molar-refractivity contribution in [3.8, 4) is 0 Å². The van der Waals surface area contributed by atoms with Crippen LogP contribution < -0.4 is 0 Å². The lowest BCUT2D eigenvalue weighted by Gasteiger charge is -2.02. The number of hydrogen-bond donors (Lipinski definition) is 1. The Labute approximate surface area is 95.5 Å². The zero-order chi connectivity index (χ0) is 12.0. The molecule has 0 aromatic carbocycles. The fourth-order valence-corrected chi connectivity index (χ4v) is 1.58. The number of rotatable bonds is 7. The van der Waals surface area contributed by atoms with Gasteiger partial charge in [-0.05, 0) is 13.3 Å². The first-order chi connectivity index (χ1) is 7.65. The summed E-state index contributed by atoms with van der Waals surface area (Å²) in [5.74, 6) is -0.792. The maximum Gasteiger partial charge on any atom is 0.303 e. The highest BCUT2D eigenvalue weighted by atomic mass is 16.4. The second-order valence-corrected chi connectivity index (χ2v) is 3.95. The first-order valence-electron chi connectivity index (χ1n) is 5.76. The number of carboxylic acids is 1. The first kappa shape index (κ1) is 12.7. The largest absolute Gasteiger partial charge is 0.481 e. The molecule has 90 valence electrons. The highest BCUT2D eigenvalue weighted by molar-refractivity contribution is 5.66. The van der Waals surface area contributed by atoms with E-state index >= 15 is 0 Å². The average Bonchev–Trinajstić information content (AvgIpc) is 2.58. The standard InChI is InChI=1S/C11H19N3O2/c1-3-4-5-8-14-9(2)10(12-13-14)6-7-11(15)16/h3-8H2,1-2H3,(H,15,16). The van der Waals surface area contributed by atoms with Gasteiger partial charge in [0.2, 0.25) is 0 Å². The topological polar surface area (TPSA) is 68.0 Å². The zero-order valence-electron chi connectivity index (χ0n) is 9.94. The summed E-state index contributed by atoms with van der Waals surface area (Å²) in [6.07, 6.45) is 4.05. The Morgan fingerprint density at radius 2 is 2.19 bits per heavy atom. The summed E-state index contributed by atoms with van der Waals surface area (Å²) in [7, 11) is 0. The van der Waals surface area contributed by atoms with E-state index in [1.54, 1.807) is 0 Å². The third-order valence-electron chi connectivity index (χ3n) is 2.63. The van der Waals surface area contributed by atoms with Gasteiger partial charge in [0.25, 0.3) is 0 Å². The minimum absolute atomic E-state index is 0.120. The summed E-state index contributed by atoms with van der Waals surface area (Å²) in [5.41, 5.74) is 1.80. The maximum absolute atomic E-state index is 10.4. The highest BCUT2D eigenvalue weighted by Gasteiger charge is 2.09. The van der Waals surface area contributed by atoms with Crippen molar-refractivity contribution in [1.82, 2.24) is 15.0 Å². The van der Waals surface area contributed by atoms with Gasteiger partial charge in [0, 0.05) is 13.0 Å². The molecule has 5 nitrogen and oxygen atoms in total. The Balaban J connectivity index is 2.51. The summed E-state index contributed by atoms with van der Waals surface area (Å²) >= 11 is 0. The van der Waals surface area contributed by atoms with Gasteiger partial charge < -0.3 is 5.11 Å². The van der Waals surface area contributed by atoms with Gasteiger partial charge in [-0.3, -0.25) is 4.79 Å². The molecule has 0 radical (unpaired) electrons. The van der Waals surface area contributed by atoms with Gasteiger partial charge in [0.1, 0.15) is 0 Å². The third-order valence-corrected chi connectivity index (χ3v) is 2.63. The Morgan fingerprint density at radius 1 is 1.44 bits per heavy atom. The minimum atomic E-state index is -0.792. The summed E-state index contributed by atoms with van der Waals surface area (Å²) in [6.45, 7) is 4.98. The molecular weight excluding hydrogens is 206 g/mol. The smallest absolute Gasteiger partial charge is 0.303 e. The molecule has 0 amide bonds. The first-order valence-corrected chi connectivity index (χ1v) is 5.76. The summed E-state index contributed by atoms with van der Waals surface area (Å²) in [4.78, 5) is 10.4. The predicted octanol–water partition coefficient (Wildman–Crippen LogP) is 1.79. The van der Waals surface area contributed by atoms with Crippen molar-refractivity contribution >= 4 is 5.97 Å². The van der Waals surface area contributed by atoms with Crippen LogP contribution in [0.15, 0.2) is 0 Å². The molecule has 1 N–H and O–H groups in total. The van der Waals surface area contributed by atoms with Crippen molar-refractivity contribution in [3.63, 3.8) is 0 Å². The van der Waals surface area contributed by atoms with E-state index in [9.17, 15) is 4.79 Å². The van der Waals surface area contributed by atoms with Gasteiger partial charge in [0.15, 0.2) is 0 Å². The molecule has 0 aliphatic heterocycles. The molecule has 0 saturated heterocycles. The molecule has 0 atom stereocenters. The van der Waals surface area contributed by atoms with Crippen molar-refractivity contribution in [1.29, 1.82) is 0 Å². The number of unbranched alkanes of at least 4 members (excludes halogenated alkanes) is 2. The molecule has 1 aromatic rings. The Bertz CT molecular complexity index is 347. The zero-order valence-corrected chi connectivity index (χ0v) is 9.94. The predicted molar refractivity (Wildman–Crippen MR) is 60.2 cm³/mol. The summed E-state index contributed by atoms with van der Waals surface area (Å²) < 4.78 is 1.87. The van der Waals surface area contributed by atoms with Crippen LogP contribution in [0.1, 0.15) is 44.0 Å². The number of nitrogens with zero attached hydrogens (tertiary/aromatic N) is 3. The Kier molecular flexibility index (Phi) is 4.95. The molecule has 0 fully saturated rings. The average molecular weight is 225 g/mol. The second-order valence-electron chi connectivity index (χ2n) is 3.95. The maximum atomic E-state index is 10.4. The minimum Gasteiger partial charge on any atom is -0.481 e. The van der Waals surface area contributed by atoms with Crippen molar-refractivity contribution in [2.24, 2.45) is 0 Å². The normalized spacial score (nSPS) is 10.6. The molecule has 5 heteroatoms. The van der Waals surface area contributed by atoms with Gasteiger partial charge in [-0.1, -0.05) is 25.0 Å². The Morgan fingerprint density at radius 3 is 2.81 bits per heavy atom. The number of aromatic nitrogens is 3. The van der Waals surface area contributed by atoms with Crippen molar-refractivity contribution < 1.29 is 9.90 Å². The number of hydrogen-bond acceptors (Lipinski definition) is 3. The van der Waals surface area contributed by atoms with Gasteiger partial charge in [0.05, 0.1) is 17.8 Å². The van der Waals surface area contributed by atoms with Crippen LogP contribution >= 0.6 is 0 Å². The second kappa shape index (κ2) is 6.25. The van der Waals surface area contributed by atoms with E-state index in [1.807, 2.05) is 11.6 Å². The van der Waals surface area contributed by atoms with E-state index in [0.717, 1.165) is 24.4 Å². The SMILES string of the molecule is CCCCCn1nnc(CCC(=O)O)c1C. The van der Waals surface area contributed by atoms with Crippen LogP contribution in [0.5, 0.6) is 0 Å². The molecule has 0 aliphatic rings. The van der Waals surface area contributed by atoms with E-state index in [2.05, 4.69) is 17.2 Å². The van der Waals surface area contributed by atoms with Crippen LogP contribution in [0.4, 0.5) is 0 Å². The van der Waals surface area contributed by atoms with Gasteiger partial charge in [-0.2, -0.15) is 0 Å². The van der Waals surface area contributed by atoms with E-state index in [-0.39, 0.29) is 6.42 Å². The van der Waals surface area contributed by atoms with E-state index in [0.29, 0.717) is 6.42 Å². The summed E-state index contributed by atoms with van der Waals surface area (Å²) in [5, 5.41) is 16.6. The fraction of sp³-hybridized carbons (Fsp3) is 0.727. The molecule has 1 aromatic heterocycles. The van der Waals surface area contributed by atoms with Gasteiger partial charge in [-0.15, -0.1) is 5.10 Å². The monoisotopic (exact) mass is 225 g/mol. The quantitative estimate of drug-likeness (QED) is 0.718. The number of aryl methyl sites for hydroxylation is 2. The highest BCUT2D eigenvalue weighted by Crippen LogP contribution is 2.08. The van der Waals surface area contributed by atoms with Crippen LogP contribution in [0.3, 0.4) is 0 Å². The lowest BCUT2D eigenvalue weighted by atomic mass is 10.2. The molecule has 0 bridgehead atoms. The van der Waals surface area contributed by atoms with Crippen LogP contribution in [0, 0.1) is 6.92 Å². The third kappa shape index (κ3) is 3.64. The molecule has 0 unspecified atom stereocenters. The van der Waals surface area contributed by atoms with Crippen LogP contribution in [0.25, 0.3) is 0 Å². The van der Waals surface area contributed by atoms with Gasteiger partial charge in [-0.25, -0.2) is 4.68 Å². The molecule has 0 saturated carbocycles. The van der Waals surface area contributed by atoms with Crippen LogP contribution in [0.2, 0.25) is 0 Å². The lowest BCUT2D eigenvalue weighted by molar-refractivity contribution is -0.136. The lowest BCUT2D eigenvalue weighted by Crippen LogP contribution is -2.03. The molecular formula is C11H19N3O2. The van der Waals surface area contributed by atoms with Crippen molar-refractivity contribution in [2.45, 2.75) is 52.5 Å². The molecule has 1 rings (SSSR count). The number of carboxylic acid groups (broad SMARTS) is 1. The molecule has 1 heterocycles. The van der Waals surface area contributed by atoms with E-state index in [4.69, 9.17) is 5.11 Å². The fourth-order valence-electron chi connectivity index (χ4n) is 1.58. The van der Waals surface area contributed by atoms with Crippen LogP contribution in [-0.4, -0.2) is 26.1 Å². The van der Waals surface area contributed by atoms with E-state index in [1.165, 1.54) is 12.8 Å². The Hall–Kier alpha value is -1.39. The molecule has 0 aliphatic carbocycles. The van der Waals surface area contributed by atoms with Gasteiger partial charge >= 0.3 is 5.97 Å². The summed E-state index contributed by atoms with van der Waals surface area (Å²) in [6, 6.07) is 0. The number of aliphatic carboxylic acids is 1. The van der Waals surface area contributed by atoms with E-state index < -0.39 is 5.97 Å². The molecule has 16 heavy (non-hydrogen) atoms.